The molecule has 1 aromatic heterocycles. The van der Waals surface area contributed by atoms with Gasteiger partial charge in [-0.05, 0) is 18.9 Å². The summed E-state index contributed by atoms with van der Waals surface area (Å²) in [4.78, 5) is 16.6. The molecule has 86 valence electrons. The number of rotatable bonds is 2. The van der Waals surface area contributed by atoms with Crippen molar-refractivity contribution in [2.75, 3.05) is 18.0 Å². The number of nitrogens with zero attached hydrogens (tertiary/aromatic N) is 3. The summed E-state index contributed by atoms with van der Waals surface area (Å²) in [5.41, 5.74) is 6.63. The number of aryl methyl sites for hydroxylation is 1. The third kappa shape index (κ3) is 1.96. The van der Waals surface area contributed by atoms with E-state index in [0.717, 1.165) is 18.5 Å². The number of anilines is 1. The first-order chi connectivity index (χ1) is 7.58. The highest BCUT2D eigenvalue weighted by Gasteiger charge is 2.26. The van der Waals surface area contributed by atoms with Crippen LogP contribution in [0.5, 0.6) is 0 Å². The zero-order valence-electron chi connectivity index (χ0n) is 9.09. The van der Waals surface area contributed by atoms with Crippen molar-refractivity contribution in [3.8, 4) is 0 Å². The molecular weight excluding hydrogens is 208 g/mol. The van der Waals surface area contributed by atoms with Crippen LogP contribution in [0.2, 0.25) is 0 Å². The van der Waals surface area contributed by atoms with Gasteiger partial charge in [-0.1, -0.05) is 0 Å². The van der Waals surface area contributed by atoms with Crippen LogP contribution in [0, 0.1) is 17.0 Å². The Bertz CT molecular complexity index is 421. The molecule has 0 aliphatic carbocycles. The molecule has 0 saturated carbocycles. The Morgan fingerprint density at radius 2 is 2.44 bits per heavy atom. The van der Waals surface area contributed by atoms with Gasteiger partial charge >= 0.3 is 5.69 Å². The Morgan fingerprint density at radius 3 is 3.00 bits per heavy atom. The molecule has 0 amide bonds. The van der Waals surface area contributed by atoms with Crippen LogP contribution in [-0.2, 0) is 0 Å². The van der Waals surface area contributed by atoms with Gasteiger partial charge in [0.15, 0.2) is 0 Å². The molecule has 2 heterocycles. The fourth-order valence-corrected chi connectivity index (χ4v) is 1.90. The van der Waals surface area contributed by atoms with E-state index in [1.807, 2.05) is 4.90 Å². The Morgan fingerprint density at radius 1 is 1.69 bits per heavy atom. The minimum Gasteiger partial charge on any atom is -0.349 e. The second-order valence-electron chi connectivity index (χ2n) is 4.11. The minimum atomic E-state index is -0.390. The monoisotopic (exact) mass is 222 g/mol. The van der Waals surface area contributed by atoms with Gasteiger partial charge < -0.3 is 10.6 Å². The Hall–Kier alpha value is -1.69. The predicted molar refractivity (Wildman–Crippen MR) is 60.4 cm³/mol. The highest BCUT2D eigenvalue weighted by Crippen LogP contribution is 2.28. The van der Waals surface area contributed by atoms with Crippen molar-refractivity contribution in [3.63, 3.8) is 0 Å². The van der Waals surface area contributed by atoms with Crippen LogP contribution in [0.25, 0.3) is 0 Å². The quantitative estimate of drug-likeness (QED) is 0.592. The van der Waals surface area contributed by atoms with Crippen LogP contribution < -0.4 is 10.6 Å². The molecule has 6 nitrogen and oxygen atoms in total. The van der Waals surface area contributed by atoms with E-state index in [-0.39, 0.29) is 16.7 Å². The molecule has 2 rings (SSSR count). The van der Waals surface area contributed by atoms with Gasteiger partial charge in [0, 0.05) is 31.4 Å². The maximum absolute atomic E-state index is 10.9. The van der Waals surface area contributed by atoms with Crippen molar-refractivity contribution in [1.29, 1.82) is 0 Å². The highest BCUT2D eigenvalue weighted by atomic mass is 16.6. The lowest BCUT2D eigenvalue weighted by Crippen LogP contribution is -2.27. The number of nitro groups is 1. The highest BCUT2D eigenvalue weighted by molar-refractivity contribution is 5.59. The van der Waals surface area contributed by atoms with Crippen molar-refractivity contribution in [3.05, 3.63) is 27.9 Å². The molecule has 1 atom stereocenters. The Kier molecular flexibility index (Phi) is 2.74. The van der Waals surface area contributed by atoms with Crippen molar-refractivity contribution in [2.24, 2.45) is 5.73 Å². The number of aromatic nitrogens is 1. The van der Waals surface area contributed by atoms with Crippen LogP contribution in [0.15, 0.2) is 12.3 Å². The van der Waals surface area contributed by atoms with E-state index in [1.54, 1.807) is 19.2 Å². The number of hydrogen-bond acceptors (Lipinski definition) is 5. The largest absolute Gasteiger partial charge is 0.349 e. The van der Waals surface area contributed by atoms with Gasteiger partial charge in [-0.15, -0.1) is 0 Å². The maximum Gasteiger partial charge on any atom is 0.311 e. The summed E-state index contributed by atoms with van der Waals surface area (Å²) in [6.45, 7) is 3.16. The lowest BCUT2D eigenvalue weighted by atomic mass is 10.2. The summed E-state index contributed by atoms with van der Waals surface area (Å²) >= 11 is 0. The standard InChI is InChI=1S/C10H14N4O2/c1-7-4-9(14(15)16)10(12-5-7)13-3-2-8(11)6-13/h4-5,8H,2-3,6,11H2,1H3. The second-order valence-corrected chi connectivity index (χ2v) is 4.11. The summed E-state index contributed by atoms with van der Waals surface area (Å²) in [6, 6.07) is 1.63. The fourth-order valence-electron chi connectivity index (χ4n) is 1.90. The molecule has 1 fully saturated rings. The molecule has 0 aromatic carbocycles. The first kappa shape index (κ1) is 10.8. The average Bonchev–Trinajstić information content (AvgIpc) is 2.64. The SMILES string of the molecule is Cc1cnc(N2CCC(N)C2)c([N+](=O)[O-])c1. The Labute approximate surface area is 93.2 Å². The topological polar surface area (TPSA) is 85.3 Å². The van der Waals surface area contributed by atoms with Crippen molar-refractivity contribution in [2.45, 2.75) is 19.4 Å². The van der Waals surface area contributed by atoms with E-state index < -0.39 is 0 Å². The van der Waals surface area contributed by atoms with Gasteiger partial charge in [-0.25, -0.2) is 4.98 Å². The summed E-state index contributed by atoms with van der Waals surface area (Å²) in [5.74, 6) is 0.434. The number of nitrogens with two attached hydrogens (primary N) is 1. The third-order valence-corrected chi connectivity index (χ3v) is 2.70. The van der Waals surface area contributed by atoms with Gasteiger partial charge in [0.1, 0.15) is 0 Å². The summed E-state index contributed by atoms with van der Waals surface area (Å²) in [7, 11) is 0. The molecule has 1 saturated heterocycles. The van der Waals surface area contributed by atoms with Gasteiger partial charge in [0.25, 0.3) is 0 Å². The van der Waals surface area contributed by atoms with Crippen molar-refractivity contribution in [1.82, 2.24) is 4.98 Å². The van der Waals surface area contributed by atoms with Gasteiger partial charge in [-0.3, -0.25) is 10.1 Å². The molecule has 1 aliphatic heterocycles. The van der Waals surface area contributed by atoms with Crippen LogP contribution in [0.1, 0.15) is 12.0 Å². The van der Waals surface area contributed by atoms with Gasteiger partial charge in [-0.2, -0.15) is 0 Å². The van der Waals surface area contributed by atoms with Gasteiger partial charge in [0.05, 0.1) is 4.92 Å². The van der Waals surface area contributed by atoms with Crippen molar-refractivity contribution < 1.29 is 4.92 Å². The summed E-state index contributed by atoms with van der Waals surface area (Å²) in [5, 5.41) is 10.9. The normalized spacial score (nSPS) is 20.1. The smallest absolute Gasteiger partial charge is 0.311 e. The zero-order valence-corrected chi connectivity index (χ0v) is 9.09. The molecule has 1 aliphatic rings. The lowest BCUT2D eigenvalue weighted by Gasteiger charge is -2.16. The predicted octanol–water partition coefficient (Wildman–Crippen LogP) is 0.836. The van der Waals surface area contributed by atoms with Crippen molar-refractivity contribution >= 4 is 11.5 Å². The molecule has 0 bridgehead atoms. The first-order valence-corrected chi connectivity index (χ1v) is 5.19. The number of hydrogen-bond donors (Lipinski definition) is 1. The number of pyridine rings is 1. The molecule has 1 unspecified atom stereocenters. The second kappa shape index (κ2) is 4.05. The van der Waals surface area contributed by atoms with Gasteiger partial charge in [0.2, 0.25) is 5.82 Å². The molecule has 16 heavy (non-hydrogen) atoms. The van der Waals surface area contributed by atoms with E-state index in [9.17, 15) is 10.1 Å². The molecule has 6 heteroatoms. The van der Waals surface area contributed by atoms with E-state index in [4.69, 9.17) is 5.73 Å². The first-order valence-electron chi connectivity index (χ1n) is 5.19. The van der Waals surface area contributed by atoms with E-state index in [1.165, 1.54) is 0 Å². The fraction of sp³-hybridized carbons (Fsp3) is 0.500. The molecule has 1 aromatic rings. The van der Waals surface area contributed by atoms with E-state index in [0.29, 0.717) is 12.4 Å². The average molecular weight is 222 g/mol. The van der Waals surface area contributed by atoms with Crippen LogP contribution >= 0.6 is 0 Å². The minimum absolute atomic E-state index is 0.0640. The maximum atomic E-state index is 10.9. The molecule has 0 radical (unpaired) electrons. The van der Waals surface area contributed by atoms with Crippen LogP contribution in [0.4, 0.5) is 11.5 Å². The Balaban J connectivity index is 2.36. The van der Waals surface area contributed by atoms with E-state index >= 15 is 0 Å². The summed E-state index contributed by atoms with van der Waals surface area (Å²) in [6.07, 6.45) is 2.50. The molecule has 2 N–H and O–H groups in total. The van der Waals surface area contributed by atoms with E-state index in [2.05, 4.69) is 4.98 Å². The van der Waals surface area contributed by atoms with Crippen LogP contribution in [0.3, 0.4) is 0 Å². The zero-order chi connectivity index (χ0) is 11.7. The summed E-state index contributed by atoms with van der Waals surface area (Å²) < 4.78 is 0. The van der Waals surface area contributed by atoms with Crippen LogP contribution in [-0.4, -0.2) is 29.0 Å². The lowest BCUT2D eigenvalue weighted by molar-refractivity contribution is -0.384. The molecule has 0 spiro atoms. The molecular formula is C10H14N4O2. The third-order valence-electron chi connectivity index (χ3n) is 2.70.